The SMILES string of the molecule is COC(=O)c1ccc(COc2c(C=O)cccc2OC(=O)C(C)(C)C)cc1. The lowest BCUT2D eigenvalue weighted by Gasteiger charge is -2.19. The fourth-order valence-electron chi connectivity index (χ4n) is 2.12. The molecule has 2 aromatic rings. The van der Waals surface area contributed by atoms with E-state index in [1.807, 2.05) is 0 Å². The largest absolute Gasteiger partial charge is 0.484 e. The van der Waals surface area contributed by atoms with E-state index in [0.29, 0.717) is 11.8 Å². The number of hydrogen-bond donors (Lipinski definition) is 0. The Kier molecular flexibility index (Phi) is 6.34. The molecule has 0 heterocycles. The van der Waals surface area contributed by atoms with Crippen LogP contribution in [-0.2, 0) is 16.1 Å². The molecule has 0 N–H and O–H groups in total. The first-order valence-electron chi connectivity index (χ1n) is 8.36. The van der Waals surface area contributed by atoms with Gasteiger partial charge >= 0.3 is 11.9 Å². The molecule has 6 nitrogen and oxygen atoms in total. The van der Waals surface area contributed by atoms with E-state index in [1.54, 1.807) is 63.2 Å². The molecule has 27 heavy (non-hydrogen) atoms. The van der Waals surface area contributed by atoms with E-state index in [-0.39, 0.29) is 23.7 Å². The number of ether oxygens (including phenoxy) is 3. The van der Waals surface area contributed by atoms with Crippen LogP contribution in [0.25, 0.3) is 0 Å². The smallest absolute Gasteiger partial charge is 0.337 e. The average Bonchev–Trinajstić information content (AvgIpc) is 2.65. The van der Waals surface area contributed by atoms with Crippen molar-refractivity contribution < 1.29 is 28.6 Å². The van der Waals surface area contributed by atoms with Gasteiger partial charge in [0.25, 0.3) is 0 Å². The summed E-state index contributed by atoms with van der Waals surface area (Å²) in [4.78, 5) is 35.0. The van der Waals surface area contributed by atoms with E-state index in [2.05, 4.69) is 4.74 Å². The number of aldehydes is 1. The minimum atomic E-state index is -0.696. The quantitative estimate of drug-likeness (QED) is 0.437. The second-order valence-electron chi connectivity index (χ2n) is 6.91. The minimum absolute atomic E-state index is 0.131. The van der Waals surface area contributed by atoms with Gasteiger partial charge in [-0.25, -0.2) is 4.79 Å². The molecule has 0 saturated carbocycles. The predicted octanol–water partition coefficient (Wildman–Crippen LogP) is 3.82. The zero-order valence-corrected chi connectivity index (χ0v) is 15.8. The van der Waals surface area contributed by atoms with Gasteiger partial charge in [0, 0.05) is 0 Å². The van der Waals surface area contributed by atoms with Gasteiger partial charge in [-0.05, 0) is 50.6 Å². The molecule has 6 heteroatoms. The van der Waals surface area contributed by atoms with Gasteiger partial charge in [0.15, 0.2) is 17.8 Å². The Morgan fingerprint density at radius 3 is 2.26 bits per heavy atom. The minimum Gasteiger partial charge on any atom is -0.484 e. The molecule has 0 amide bonds. The van der Waals surface area contributed by atoms with Gasteiger partial charge in [0.1, 0.15) is 6.61 Å². The van der Waals surface area contributed by atoms with Crippen LogP contribution < -0.4 is 9.47 Å². The fourth-order valence-corrected chi connectivity index (χ4v) is 2.12. The molecule has 0 aliphatic carbocycles. The zero-order chi connectivity index (χ0) is 20.0. The molecule has 0 aliphatic heterocycles. The van der Waals surface area contributed by atoms with Crippen LogP contribution in [-0.4, -0.2) is 25.3 Å². The number of carbonyl (C=O) groups excluding carboxylic acids is 3. The summed E-state index contributed by atoms with van der Waals surface area (Å²) in [6.07, 6.45) is 0.643. The van der Waals surface area contributed by atoms with E-state index < -0.39 is 17.4 Å². The van der Waals surface area contributed by atoms with Crippen LogP contribution in [0, 0.1) is 5.41 Å². The zero-order valence-electron chi connectivity index (χ0n) is 15.8. The molecule has 2 rings (SSSR count). The van der Waals surface area contributed by atoms with Gasteiger partial charge in [-0.15, -0.1) is 0 Å². The molecule has 0 aromatic heterocycles. The number of benzene rings is 2. The standard InChI is InChI=1S/C21H22O6/c1-21(2,3)20(24)27-17-7-5-6-16(12-22)18(17)26-13-14-8-10-15(11-9-14)19(23)25-4/h5-12H,13H2,1-4H3. The van der Waals surface area contributed by atoms with Gasteiger partial charge in [-0.2, -0.15) is 0 Å². The molecule has 0 bridgehead atoms. The highest BCUT2D eigenvalue weighted by Gasteiger charge is 2.25. The Labute approximate surface area is 158 Å². The summed E-state index contributed by atoms with van der Waals surface area (Å²) >= 11 is 0. The molecule has 0 unspecified atom stereocenters. The van der Waals surface area contributed by atoms with Gasteiger partial charge in [-0.3, -0.25) is 9.59 Å². The third-order valence-corrected chi connectivity index (χ3v) is 3.71. The summed E-state index contributed by atoms with van der Waals surface area (Å²) in [6, 6.07) is 11.5. The molecule has 0 atom stereocenters. The maximum atomic E-state index is 12.2. The Morgan fingerprint density at radius 1 is 1.04 bits per heavy atom. The van der Waals surface area contributed by atoms with Crippen LogP contribution in [0.2, 0.25) is 0 Å². The lowest BCUT2D eigenvalue weighted by molar-refractivity contribution is -0.143. The molecule has 0 spiro atoms. The summed E-state index contributed by atoms with van der Waals surface area (Å²) in [6.45, 7) is 5.35. The van der Waals surface area contributed by atoms with Crippen molar-refractivity contribution in [1.82, 2.24) is 0 Å². The average molecular weight is 370 g/mol. The number of rotatable bonds is 6. The van der Waals surface area contributed by atoms with E-state index >= 15 is 0 Å². The summed E-state index contributed by atoms with van der Waals surface area (Å²) < 4.78 is 15.8. The fraction of sp³-hybridized carbons (Fsp3) is 0.286. The summed E-state index contributed by atoms with van der Waals surface area (Å²) in [5.41, 5.74) is 0.782. The van der Waals surface area contributed by atoms with Crippen LogP contribution in [0.3, 0.4) is 0 Å². The van der Waals surface area contributed by atoms with Crippen molar-refractivity contribution in [2.45, 2.75) is 27.4 Å². The molecular formula is C21H22O6. The maximum Gasteiger partial charge on any atom is 0.337 e. The second-order valence-corrected chi connectivity index (χ2v) is 6.91. The highest BCUT2D eigenvalue weighted by molar-refractivity contribution is 5.89. The first-order chi connectivity index (χ1) is 12.8. The van der Waals surface area contributed by atoms with Crippen LogP contribution in [0.1, 0.15) is 47.1 Å². The normalized spacial score (nSPS) is 10.8. The summed E-state index contributed by atoms with van der Waals surface area (Å²) in [5.74, 6) is -0.476. The Morgan fingerprint density at radius 2 is 1.70 bits per heavy atom. The van der Waals surface area contributed by atoms with Crippen LogP contribution in [0.5, 0.6) is 11.5 Å². The molecule has 0 saturated heterocycles. The van der Waals surface area contributed by atoms with Gasteiger partial charge in [0.05, 0.1) is 23.7 Å². The number of carbonyl (C=O) groups is 3. The maximum absolute atomic E-state index is 12.2. The Balaban J connectivity index is 2.20. The van der Waals surface area contributed by atoms with Crippen molar-refractivity contribution in [3.05, 3.63) is 59.2 Å². The first kappa shape index (κ1) is 20.2. The number of hydrogen-bond acceptors (Lipinski definition) is 6. The monoisotopic (exact) mass is 370 g/mol. The van der Waals surface area contributed by atoms with E-state index in [1.165, 1.54) is 7.11 Å². The van der Waals surface area contributed by atoms with E-state index in [4.69, 9.17) is 9.47 Å². The summed E-state index contributed by atoms with van der Waals surface area (Å²) in [7, 11) is 1.32. The van der Waals surface area contributed by atoms with E-state index in [9.17, 15) is 14.4 Å². The van der Waals surface area contributed by atoms with Crippen molar-refractivity contribution in [3.8, 4) is 11.5 Å². The first-order valence-corrected chi connectivity index (χ1v) is 8.36. The van der Waals surface area contributed by atoms with Crippen molar-refractivity contribution >= 4 is 18.2 Å². The van der Waals surface area contributed by atoms with E-state index in [0.717, 1.165) is 5.56 Å². The molecular weight excluding hydrogens is 348 g/mol. The Hall–Kier alpha value is -3.15. The van der Waals surface area contributed by atoms with Crippen molar-refractivity contribution in [2.24, 2.45) is 5.41 Å². The number of esters is 2. The van der Waals surface area contributed by atoms with Crippen molar-refractivity contribution in [2.75, 3.05) is 7.11 Å². The predicted molar refractivity (Wildman–Crippen MR) is 99.0 cm³/mol. The second kappa shape index (κ2) is 8.49. The lowest BCUT2D eigenvalue weighted by Crippen LogP contribution is -2.25. The third kappa shape index (κ3) is 5.17. The molecule has 2 aromatic carbocycles. The van der Waals surface area contributed by atoms with Gasteiger partial charge in [-0.1, -0.05) is 18.2 Å². The van der Waals surface area contributed by atoms with Crippen LogP contribution in [0.15, 0.2) is 42.5 Å². The highest BCUT2D eigenvalue weighted by atomic mass is 16.6. The number of para-hydroxylation sites is 1. The molecule has 0 fully saturated rings. The van der Waals surface area contributed by atoms with Crippen LogP contribution >= 0.6 is 0 Å². The van der Waals surface area contributed by atoms with Crippen LogP contribution in [0.4, 0.5) is 0 Å². The third-order valence-electron chi connectivity index (χ3n) is 3.71. The lowest BCUT2D eigenvalue weighted by atomic mass is 9.97. The summed E-state index contributed by atoms with van der Waals surface area (Å²) in [5, 5.41) is 0. The van der Waals surface area contributed by atoms with Gasteiger partial charge in [0.2, 0.25) is 0 Å². The molecule has 0 radical (unpaired) electrons. The highest BCUT2D eigenvalue weighted by Crippen LogP contribution is 2.33. The topological polar surface area (TPSA) is 78.9 Å². The van der Waals surface area contributed by atoms with Crippen molar-refractivity contribution in [1.29, 1.82) is 0 Å². The molecule has 142 valence electrons. The Bertz CT molecular complexity index is 831. The molecule has 0 aliphatic rings. The van der Waals surface area contributed by atoms with Crippen molar-refractivity contribution in [3.63, 3.8) is 0 Å². The number of methoxy groups -OCH3 is 1. The van der Waals surface area contributed by atoms with Gasteiger partial charge < -0.3 is 14.2 Å².